The normalized spacial score (nSPS) is 23.6. The van der Waals surface area contributed by atoms with Crippen LogP contribution in [0, 0.1) is 0 Å². The quantitative estimate of drug-likeness (QED) is 0.759. The van der Waals surface area contributed by atoms with E-state index in [2.05, 4.69) is 10.6 Å². The summed E-state index contributed by atoms with van der Waals surface area (Å²) in [7, 11) is 2.03. The van der Waals surface area contributed by atoms with Crippen molar-refractivity contribution in [3.05, 3.63) is 29.8 Å². The maximum atomic E-state index is 11.0. The van der Waals surface area contributed by atoms with Crippen molar-refractivity contribution in [1.29, 1.82) is 0 Å². The molecular formula is C14H21N3O. The second-order valence-electron chi connectivity index (χ2n) is 4.92. The zero-order valence-electron chi connectivity index (χ0n) is 10.8. The highest BCUT2D eigenvalue weighted by Gasteiger charge is 2.19. The molecule has 1 aromatic rings. The molecule has 0 unspecified atom stereocenters. The highest BCUT2D eigenvalue weighted by Crippen LogP contribution is 2.22. The number of nitrogens with two attached hydrogens (primary N) is 1. The maximum Gasteiger partial charge on any atom is 0.248 e. The number of nitrogens with one attached hydrogen (secondary N) is 2. The van der Waals surface area contributed by atoms with Gasteiger partial charge in [0, 0.05) is 23.3 Å². The first-order valence-corrected chi connectivity index (χ1v) is 6.52. The lowest BCUT2D eigenvalue weighted by atomic mass is 9.91. The molecule has 4 N–H and O–H groups in total. The Morgan fingerprint density at radius 1 is 1.11 bits per heavy atom. The molecular weight excluding hydrogens is 226 g/mol. The largest absolute Gasteiger partial charge is 0.382 e. The second-order valence-corrected chi connectivity index (χ2v) is 4.92. The molecule has 4 heteroatoms. The van der Waals surface area contributed by atoms with E-state index in [9.17, 15) is 4.79 Å². The van der Waals surface area contributed by atoms with E-state index in [1.165, 1.54) is 25.7 Å². The summed E-state index contributed by atoms with van der Waals surface area (Å²) < 4.78 is 0. The first kappa shape index (κ1) is 12.9. The number of primary amides is 1. The van der Waals surface area contributed by atoms with Gasteiger partial charge in [0.25, 0.3) is 0 Å². The molecule has 1 aliphatic rings. The smallest absolute Gasteiger partial charge is 0.248 e. The summed E-state index contributed by atoms with van der Waals surface area (Å²) in [4.78, 5) is 11.0. The number of carbonyl (C=O) groups excluding carboxylic acids is 1. The van der Waals surface area contributed by atoms with E-state index in [4.69, 9.17) is 5.73 Å². The Kier molecular flexibility index (Phi) is 4.20. The molecule has 98 valence electrons. The van der Waals surface area contributed by atoms with Gasteiger partial charge in [0.1, 0.15) is 0 Å². The number of rotatable bonds is 4. The molecule has 0 spiro atoms. The number of benzene rings is 1. The molecule has 18 heavy (non-hydrogen) atoms. The molecule has 0 radical (unpaired) electrons. The van der Waals surface area contributed by atoms with Crippen LogP contribution in [0.3, 0.4) is 0 Å². The summed E-state index contributed by atoms with van der Waals surface area (Å²) >= 11 is 0. The highest BCUT2D eigenvalue weighted by molar-refractivity contribution is 5.93. The molecule has 1 fully saturated rings. The average molecular weight is 247 g/mol. The Bertz CT molecular complexity index is 394. The fourth-order valence-electron chi connectivity index (χ4n) is 2.49. The van der Waals surface area contributed by atoms with Gasteiger partial charge < -0.3 is 16.4 Å². The summed E-state index contributed by atoms with van der Waals surface area (Å²) in [6.45, 7) is 0. The third kappa shape index (κ3) is 3.23. The number of anilines is 1. The van der Waals surface area contributed by atoms with Crippen molar-refractivity contribution in [3.63, 3.8) is 0 Å². The van der Waals surface area contributed by atoms with E-state index in [-0.39, 0.29) is 5.91 Å². The van der Waals surface area contributed by atoms with Crippen LogP contribution in [0.5, 0.6) is 0 Å². The topological polar surface area (TPSA) is 67.2 Å². The Hall–Kier alpha value is -1.55. The van der Waals surface area contributed by atoms with Gasteiger partial charge in [-0.25, -0.2) is 0 Å². The molecule has 0 atom stereocenters. The molecule has 0 heterocycles. The van der Waals surface area contributed by atoms with E-state index in [1.807, 2.05) is 19.2 Å². The van der Waals surface area contributed by atoms with Crippen molar-refractivity contribution in [1.82, 2.24) is 5.32 Å². The second kappa shape index (κ2) is 5.87. The Morgan fingerprint density at radius 2 is 1.67 bits per heavy atom. The maximum absolute atomic E-state index is 11.0. The summed E-state index contributed by atoms with van der Waals surface area (Å²) in [6.07, 6.45) is 4.80. The highest BCUT2D eigenvalue weighted by atomic mass is 16.1. The molecule has 4 nitrogen and oxygen atoms in total. The van der Waals surface area contributed by atoms with E-state index < -0.39 is 0 Å². The molecule has 1 amide bonds. The number of hydrogen-bond acceptors (Lipinski definition) is 3. The van der Waals surface area contributed by atoms with E-state index in [0.29, 0.717) is 17.6 Å². The van der Waals surface area contributed by atoms with Crippen molar-refractivity contribution in [2.45, 2.75) is 37.8 Å². The van der Waals surface area contributed by atoms with Crippen molar-refractivity contribution >= 4 is 11.6 Å². The van der Waals surface area contributed by atoms with E-state index >= 15 is 0 Å². The van der Waals surface area contributed by atoms with Crippen LogP contribution in [0.25, 0.3) is 0 Å². The lowest BCUT2D eigenvalue weighted by molar-refractivity contribution is 0.100. The summed E-state index contributed by atoms with van der Waals surface area (Å²) in [5.74, 6) is -0.379. The van der Waals surface area contributed by atoms with Crippen LogP contribution >= 0.6 is 0 Å². The molecule has 0 saturated heterocycles. The van der Waals surface area contributed by atoms with Gasteiger partial charge in [0.15, 0.2) is 0 Å². The number of amides is 1. The van der Waals surface area contributed by atoms with Crippen LogP contribution in [-0.2, 0) is 0 Å². The summed E-state index contributed by atoms with van der Waals surface area (Å²) in [5, 5.41) is 6.84. The first-order valence-electron chi connectivity index (χ1n) is 6.52. The molecule has 0 bridgehead atoms. The summed E-state index contributed by atoms with van der Waals surface area (Å²) in [5.41, 5.74) is 6.83. The summed E-state index contributed by atoms with van der Waals surface area (Å²) in [6, 6.07) is 8.58. The minimum atomic E-state index is -0.379. The van der Waals surface area contributed by atoms with E-state index in [0.717, 1.165) is 5.69 Å². The molecule has 1 saturated carbocycles. The van der Waals surface area contributed by atoms with Gasteiger partial charge in [0.05, 0.1) is 0 Å². The van der Waals surface area contributed by atoms with Gasteiger partial charge in [-0.3, -0.25) is 4.79 Å². The Morgan fingerprint density at radius 3 is 2.17 bits per heavy atom. The van der Waals surface area contributed by atoms with Crippen LogP contribution in [0.4, 0.5) is 5.69 Å². The lowest BCUT2D eigenvalue weighted by Crippen LogP contribution is -2.34. The minimum Gasteiger partial charge on any atom is -0.382 e. The van der Waals surface area contributed by atoms with Gasteiger partial charge in [0.2, 0.25) is 5.91 Å². The minimum absolute atomic E-state index is 0.379. The Balaban J connectivity index is 1.88. The van der Waals surface area contributed by atoms with Crippen LogP contribution in [0.15, 0.2) is 24.3 Å². The lowest BCUT2D eigenvalue weighted by Gasteiger charge is -2.29. The zero-order chi connectivity index (χ0) is 13.0. The Labute approximate surface area is 108 Å². The van der Waals surface area contributed by atoms with Crippen molar-refractivity contribution in [2.75, 3.05) is 12.4 Å². The van der Waals surface area contributed by atoms with Crippen molar-refractivity contribution in [3.8, 4) is 0 Å². The zero-order valence-corrected chi connectivity index (χ0v) is 10.8. The predicted octanol–water partition coefficient (Wildman–Crippen LogP) is 1.73. The van der Waals surface area contributed by atoms with Crippen LogP contribution in [0.1, 0.15) is 36.0 Å². The molecule has 0 aromatic heterocycles. The molecule has 2 rings (SSSR count). The standard InChI is InChI=1S/C14H21N3O/c1-16-11-6-8-13(9-7-11)17-12-4-2-10(3-5-12)14(15)18/h2-5,11,13,16-17H,6-9H2,1H3,(H2,15,18). The fraction of sp³-hybridized carbons (Fsp3) is 0.500. The van der Waals surface area contributed by atoms with Crippen molar-refractivity contribution in [2.24, 2.45) is 5.73 Å². The van der Waals surface area contributed by atoms with Crippen LogP contribution in [0.2, 0.25) is 0 Å². The van der Waals surface area contributed by atoms with Crippen LogP contribution < -0.4 is 16.4 Å². The van der Waals surface area contributed by atoms with E-state index in [1.54, 1.807) is 12.1 Å². The van der Waals surface area contributed by atoms with Gasteiger partial charge in [-0.1, -0.05) is 0 Å². The van der Waals surface area contributed by atoms with Gasteiger partial charge in [-0.05, 0) is 57.0 Å². The SMILES string of the molecule is CNC1CCC(Nc2ccc(C(N)=O)cc2)CC1. The van der Waals surface area contributed by atoms with Crippen molar-refractivity contribution < 1.29 is 4.79 Å². The predicted molar refractivity (Wildman–Crippen MR) is 73.7 cm³/mol. The monoisotopic (exact) mass is 247 g/mol. The third-order valence-electron chi connectivity index (χ3n) is 3.68. The number of carbonyl (C=O) groups is 1. The fourth-order valence-corrected chi connectivity index (χ4v) is 2.49. The van der Waals surface area contributed by atoms with Gasteiger partial charge in [-0.15, -0.1) is 0 Å². The number of hydrogen-bond donors (Lipinski definition) is 3. The molecule has 1 aromatic carbocycles. The van der Waals surface area contributed by atoms with Gasteiger partial charge >= 0.3 is 0 Å². The molecule has 1 aliphatic carbocycles. The van der Waals surface area contributed by atoms with Gasteiger partial charge in [-0.2, -0.15) is 0 Å². The van der Waals surface area contributed by atoms with Crippen LogP contribution in [-0.4, -0.2) is 25.0 Å². The first-order chi connectivity index (χ1) is 8.69. The third-order valence-corrected chi connectivity index (χ3v) is 3.68. The average Bonchev–Trinajstić information content (AvgIpc) is 2.40. The molecule has 0 aliphatic heterocycles.